The summed E-state index contributed by atoms with van der Waals surface area (Å²) < 4.78 is 0. The van der Waals surface area contributed by atoms with Gasteiger partial charge in [-0.15, -0.1) is 0 Å². The molecule has 0 spiro atoms. The molecular formula is C31H54N2O5. The Balaban J connectivity index is 1.29. The predicted molar refractivity (Wildman–Crippen MR) is 148 cm³/mol. The van der Waals surface area contributed by atoms with Crippen LogP contribution in [0.2, 0.25) is 0 Å². The van der Waals surface area contributed by atoms with Crippen molar-refractivity contribution in [1.29, 1.82) is 0 Å². The molecule has 0 aromatic rings. The van der Waals surface area contributed by atoms with Crippen molar-refractivity contribution in [3.8, 4) is 0 Å². The van der Waals surface area contributed by atoms with Crippen LogP contribution in [0.3, 0.4) is 0 Å². The molecule has 4 rings (SSSR count). The molecule has 0 bridgehead atoms. The highest BCUT2D eigenvalue weighted by Gasteiger charge is 2.65. The summed E-state index contributed by atoms with van der Waals surface area (Å²) in [6, 6.07) is 0. The number of fused-ring (bicyclic) bond motifs is 5. The van der Waals surface area contributed by atoms with Gasteiger partial charge in [0.2, 0.25) is 11.8 Å². The molecule has 0 unspecified atom stereocenters. The first-order chi connectivity index (χ1) is 18.0. The topological polar surface area (TPSA) is 119 Å². The van der Waals surface area contributed by atoms with Gasteiger partial charge in [-0.1, -0.05) is 20.8 Å². The summed E-state index contributed by atoms with van der Waals surface area (Å²) >= 11 is 0. The molecular weight excluding hydrogens is 480 g/mol. The normalized spacial score (nSPS) is 42.9. The standard InChI is InChI=1S/C31H54N2O5/c1-19(8-11-26(36)33-17-7-5-6-16-32-20(2)34)22-9-10-23-27-24(13-15-30(22,23)3)31(4)14-12-21(35)18-25(31)28(37)29(27)38/h19,21-25,27-29,35,37-38H,5-18H2,1-4H3,(H,32,34)(H,33,36)/t19-,21-,22-,23+,24+,25+,27+,28+,29-,30-,31-/m1/s1. The highest BCUT2D eigenvalue weighted by molar-refractivity contribution is 5.75. The third kappa shape index (κ3) is 5.81. The van der Waals surface area contributed by atoms with Crippen LogP contribution < -0.4 is 10.6 Å². The van der Waals surface area contributed by atoms with E-state index in [1.807, 2.05) is 0 Å². The second-order valence-corrected chi connectivity index (χ2v) is 13.9. The fourth-order valence-corrected chi connectivity index (χ4v) is 9.78. The van der Waals surface area contributed by atoms with Crippen LogP contribution in [0, 0.1) is 46.3 Å². The van der Waals surface area contributed by atoms with E-state index in [1.165, 1.54) is 6.92 Å². The van der Waals surface area contributed by atoms with Crippen LogP contribution in [0.5, 0.6) is 0 Å². The SMILES string of the molecule is CC(=O)NCCCCCNC(=O)CC[C@@H](C)[C@H]1CC[C@H]2[C@@H]3[C@@H](O)[C@@H](O)[C@@H]4C[C@H](O)CC[C@]4(C)[C@H]3CC[C@]12C. The lowest BCUT2D eigenvalue weighted by atomic mass is 9.43. The van der Waals surface area contributed by atoms with Crippen molar-refractivity contribution >= 4 is 11.8 Å². The molecule has 4 saturated carbocycles. The van der Waals surface area contributed by atoms with Gasteiger partial charge in [0, 0.05) is 26.4 Å². The molecule has 0 saturated heterocycles. The third-order valence-electron chi connectivity index (χ3n) is 11.9. The van der Waals surface area contributed by atoms with E-state index in [1.54, 1.807) is 0 Å². The van der Waals surface area contributed by atoms with Crippen LogP contribution >= 0.6 is 0 Å². The van der Waals surface area contributed by atoms with Crippen LogP contribution in [0.15, 0.2) is 0 Å². The largest absolute Gasteiger partial charge is 0.393 e. The lowest BCUT2D eigenvalue weighted by Gasteiger charge is -2.63. The summed E-state index contributed by atoms with van der Waals surface area (Å²) in [5.74, 6) is 2.06. The van der Waals surface area contributed by atoms with E-state index in [0.29, 0.717) is 49.6 Å². The fraction of sp³-hybridized carbons (Fsp3) is 0.935. The minimum atomic E-state index is -0.746. The third-order valence-corrected chi connectivity index (χ3v) is 11.9. The monoisotopic (exact) mass is 534 g/mol. The van der Waals surface area contributed by atoms with E-state index in [2.05, 4.69) is 31.4 Å². The Bertz CT molecular complexity index is 837. The molecule has 0 heterocycles. The van der Waals surface area contributed by atoms with Crippen LogP contribution in [-0.2, 0) is 9.59 Å². The molecule has 7 nitrogen and oxygen atoms in total. The first kappa shape index (κ1) is 29.8. The predicted octanol–water partition coefficient (Wildman–Crippen LogP) is 3.79. The van der Waals surface area contributed by atoms with Crippen LogP contribution in [0.1, 0.15) is 105 Å². The number of aliphatic hydroxyl groups is 3. The second kappa shape index (κ2) is 12.1. The van der Waals surface area contributed by atoms with Gasteiger partial charge in [0.05, 0.1) is 18.3 Å². The number of rotatable bonds is 10. The van der Waals surface area contributed by atoms with Crippen molar-refractivity contribution in [3.63, 3.8) is 0 Å². The van der Waals surface area contributed by atoms with Gasteiger partial charge in [-0.25, -0.2) is 0 Å². The van der Waals surface area contributed by atoms with Gasteiger partial charge in [-0.05, 0) is 117 Å². The zero-order valence-electron chi connectivity index (χ0n) is 24.3. The maximum Gasteiger partial charge on any atom is 0.220 e. The van der Waals surface area contributed by atoms with Crippen molar-refractivity contribution < 1.29 is 24.9 Å². The van der Waals surface area contributed by atoms with Gasteiger partial charge in [0.25, 0.3) is 0 Å². The Labute approximate surface area is 229 Å². The van der Waals surface area contributed by atoms with Crippen molar-refractivity contribution in [2.45, 2.75) is 123 Å². The molecule has 0 aromatic carbocycles. The molecule has 0 aromatic heterocycles. The van der Waals surface area contributed by atoms with E-state index in [-0.39, 0.29) is 40.6 Å². The summed E-state index contributed by atoms with van der Waals surface area (Å²) in [4.78, 5) is 23.4. The zero-order valence-corrected chi connectivity index (χ0v) is 24.3. The average molecular weight is 535 g/mol. The molecule has 0 aliphatic heterocycles. The van der Waals surface area contributed by atoms with E-state index in [9.17, 15) is 24.9 Å². The molecule has 4 aliphatic carbocycles. The number of nitrogens with one attached hydrogen (secondary N) is 2. The van der Waals surface area contributed by atoms with E-state index < -0.39 is 12.2 Å². The Morgan fingerprint density at radius 2 is 1.50 bits per heavy atom. The molecule has 218 valence electrons. The fourth-order valence-electron chi connectivity index (χ4n) is 9.78. The minimum absolute atomic E-state index is 0.00306. The number of unbranched alkanes of at least 4 members (excludes halogenated alkanes) is 2. The zero-order chi connectivity index (χ0) is 27.7. The minimum Gasteiger partial charge on any atom is -0.393 e. The Hall–Kier alpha value is -1.18. The first-order valence-corrected chi connectivity index (χ1v) is 15.5. The lowest BCUT2D eigenvalue weighted by molar-refractivity contribution is -0.223. The maximum atomic E-state index is 12.5. The molecule has 0 radical (unpaired) electrons. The Kier molecular flexibility index (Phi) is 9.52. The molecule has 2 amide bonds. The van der Waals surface area contributed by atoms with Crippen molar-refractivity contribution in [1.82, 2.24) is 10.6 Å². The smallest absolute Gasteiger partial charge is 0.220 e. The second-order valence-electron chi connectivity index (χ2n) is 13.9. The van der Waals surface area contributed by atoms with E-state index >= 15 is 0 Å². The Morgan fingerprint density at radius 1 is 0.842 bits per heavy atom. The molecule has 4 fully saturated rings. The summed E-state index contributed by atoms with van der Waals surface area (Å²) in [7, 11) is 0. The van der Waals surface area contributed by atoms with Crippen molar-refractivity contribution in [3.05, 3.63) is 0 Å². The molecule has 38 heavy (non-hydrogen) atoms. The van der Waals surface area contributed by atoms with Gasteiger partial charge in [0.1, 0.15) is 0 Å². The van der Waals surface area contributed by atoms with Gasteiger partial charge in [0.15, 0.2) is 0 Å². The molecule has 11 atom stereocenters. The molecule has 7 heteroatoms. The van der Waals surface area contributed by atoms with E-state index in [4.69, 9.17) is 0 Å². The average Bonchev–Trinajstić information content (AvgIpc) is 3.23. The number of carbonyl (C=O) groups is 2. The number of hydrogen-bond donors (Lipinski definition) is 5. The number of carbonyl (C=O) groups excluding carboxylic acids is 2. The summed E-state index contributed by atoms with van der Waals surface area (Å²) in [6.07, 6.45) is 9.34. The quantitative estimate of drug-likeness (QED) is 0.273. The number of hydrogen-bond acceptors (Lipinski definition) is 5. The number of amides is 2. The van der Waals surface area contributed by atoms with Crippen molar-refractivity contribution in [2.75, 3.05) is 13.1 Å². The van der Waals surface area contributed by atoms with Gasteiger partial charge in [-0.2, -0.15) is 0 Å². The highest BCUT2D eigenvalue weighted by atomic mass is 16.3. The Morgan fingerprint density at radius 3 is 2.21 bits per heavy atom. The van der Waals surface area contributed by atoms with Gasteiger partial charge in [-0.3, -0.25) is 9.59 Å². The van der Waals surface area contributed by atoms with Crippen LogP contribution in [0.4, 0.5) is 0 Å². The first-order valence-electron chi connectivity index (χ1n) is 15.5. The summed E-state index contributed by atoms with van der Waals surface area (Å²) in [5.41, 5.74) is 0.138. The van der Waals surface area contributed by atoms with Gasteiger partial charge < -0.3 is 26.0 Å². The highest BCUT2D eigenvalue weighted by Crippen LogP contribution is 2.68. The number of aliphatic hydroxyl groups excluding tert-OH is 3. The lowest BCUT2D eigenvalue weighted by Crippen LogP contribution is -2.64. The maximum absolute atomic E-state index is 12.5. The van der Waals surface area contributed by atoms with E-state index in [0.717, 1.165) is 64.2 Å². The molecule has 4 aliphatic rings. The van der Waals surface area contributed by atoms with Crippen LogP contribution in [0.25, 0.3) is 0 Å². The van der Waals surface area contributed by atoms with Crippen molar-refractivity contribution in [2.24, 2.45) is 46.3 Å². The van der Waals surface area contributed by atoms with Crippen LogP contribution in [-0.4, -0.2) is 58.5 Å². The molecule has 5 N–H and O–H groups in total. The summed E-state index contributed by atoms with van der Waals surface area (Å²) in [5, 5.41) is 38.9. The summed E-state index contributed by atoms with van der Waals surface area (Å²) in [6.45, 7) is 9.99. The van der Waals surface area contributed by atoms with Gasteiger partial charge >= 0.3 is 0 Å².